The number of nitrogens with zero attached hydrogens (tertiary/aromatic N) is 1. The normalized spacial score (nSPS) is 26.8. The molecule has 1 fully saturated rings. The molecule has 0 aromatic rings. The molecular weight excluding hydrogens is 193 g/mol. The molecule has 2 N–H and O–H groups in total. The molecule has 1 heterocycles. The van der Waals surface area contributed by atoms with Crippen LogP contribution in [0.15, 0.2) is 0 Å². The molecule has 1 saturated heterocycles. The zero-order valence-corrected chi connectivity index (χ0v) is 8.35. The Hall–Kier alpha value is -0.290. The van der Waals surface area contributed by atoms with E-state index < -0.39 is 12.2 Å². The van der Waals surface area contributed by atoms with Crippen molar-refractivity contribution in [2.45, 2.75) is 32.0 Å². The molecule has 2 nitrogen and oxygen atoms in total. The molecule has 0 spiro atoms. The maximum atomic E-state index is 12.6. The van der Waals surface area contributed by atoms with E-state index in [-0.39, 0.29) is 13.0 Å². The van der Waals surface area contributed by atoms with Crippen molar-refractivity contribution in [3.05, 3.63) is 0 Å². The van der Waals surface area contributed by atoms with Crippen molar-refractivity contribution in [2.75, 3.05) is 19.6 Å². The molecule has 0 aromatic heterocycles. The van der Waals surface area contributed by atoms with E-state index >= 15 is 0 Å². The summed E-state index contributed by atoms with van der Waals surface area (Å²) in [4.78, 5) is 1.51. The van der Waals surface area contributed by atoms with Gasteiger partial charge in [-0.3, -0.25) is 4.90 Å². The van der Waals surface area contributed by atoms with Gasteiger partial charge in [0.05, 0.1) is 0 Å². The fraction of sp³-hybridized carbons (Fsp3) is 1.00. The molecule has 2 unspecified atom stereocenters. The van der Waals surface area contributed by atoms with Gasteiger partial charge in [-0.1, -0.05) is 6.92 Å². The fourth-order valence-corrected chi connectivity index (χ4v) is 1.96. The molecule has 1 aliphatic rings. The second-order valence-electron chi connectivity index (χ2n) is 4.02. The lowest BCUT2D eigenvalue weighted by Gasteiger charge is -2.29. The van der Waals surface area contributed by atoms with E-state index in [0.717, 1.165) is 6.42 Å². The number of alkyl halides is 3. The SMILES string of the molecule is CC1CCN(C(CCN)C(F)(F)F)C1. The van der Waals surface area contributed by atoms with Gasteiger partial charge in [0.2, 0.25) is 0 Å². The van der Waals surface area contributed by atoms with Gasteiger partial charge in [-0.25, -0.2) is 0 Å². The molecule has 0 amide bonds. The van der Waals surface area contributed by atoms with E-state index in [1.165, 1.54) is 4.90 Å². The van der Waals surface area contributed by atoms with Crippen molar-refractivity contribution in [2.24, 2.45) is 11.7 Å². The summed E-state index contributed by atoms with van der Waals surface area (Å²) in [5.74, 6) is 0.373. The summed E-state index contributed by atoms with van der Waals surface area (Å²) >= 11 is 0. The summed E-state index contributed by atoms with van der Waals surface area (Å²) in [6.07, 6.45) is -3.27. The Labute approximate surface area is 82.2 Å². The molecule has 1 aliphatic heterocycles. The summed E-state index contributed by atoms with van der Waals surface area (Å²) < 4.78 is 37.8. The lowest BCUT2D eigenvalue weighted by Crippen LogP contribution is -2.45. The lowest BCUT2D eigenvalue weighted by atomic mass is 10.1. The number of rotatable bonds is 3. The Kier molecular flexibility index (Phi) is 3.78. The molecule has 14 heavy (non-hydrogen) atoms. The van der Waals surface area contributed by atoms with Crippen molar-refractivity contribution < 1.29 is 13.2 Å². The number of halogens is 3. The average molecular weight is 210 g/mol. The molecule has 0 saturated carbocycles. The van der Waals surface area contributed by atoms with Crippen molar-refractivity contribution in [3.8, 4) is 0 Å². The van der Waals surface area contributed by atoms with Gasteiger partial charge in [0.1, 0.15) is 6.04 Å². The van der Waals surface area contributed by atoms with Gasteiger partial charge in [0.25, 0.3) is 0 Å². The highest BCUT2D eigenvalue weighted by Crippen LogP contribution is 2.30. The van der Waals surface area contributed by atoms with Gasteiger partial charge in [-0.15, -0.1) is 0 Å². The third-order valence-corrected chi connectivity index (χ3v) is 2.71. The number of likely N-dealkylation sites (tertiary alicyclic amines) is 1. The molecule has 0 radical (unpaired) electrons. The Morgan fingerprint density at radius 3 is 2.50 bits per heavy atom. The van der Waals surface area contributed by atoms with Crippen LogP contribution >= 0.6 is 0 Å². The first-order valence-electron chi connectivity index (χ1n) is 4.96. The second-order valence-corrected chi connectivity index (χ2v) is 4.02. The molecule has 0 aliphatic carbocycles. The van der Waals surface area contributed by atoms with Gasteiger partial charge >= 0.3 is 6.18 Å². The molecule has 2 atom stereocenters. The van der Waals surface area contributed by atoms with Crippen LogP contribution in [-0.4, -0.2) is 36.8 Å². The number of hydrogen-bond acceptors (Lipinski definition) is 2. The lowest BCUT2D eigenvalue weighted by molar-refractivity contribution is -0.182. The summed E-state index contributed by atoms with van der Waals surface area (Å²) in [6.45, 7) is 3.17. The third-order valence-electron chi connectivity index (χ3n) is 2.71. The molecule has 84 valence electrons. The molecule has 5 heteroatoms. The first-order valence-corrected chi connectivity index (χ1v) is 4.96. The third kappa shape index (κ3) is 2.85. The van der Waals surface area contributed by atoms with Crippen molar-refractivity contribution >= 4 is 0 Å². The van der Waals surface area contributed by atoms with Gasteiger partial charge in [0.15, 0.2) is 0 Å². The highest BCUT2D eigenvalue weighted by atomic mass is 19.4. The quantitative estimate of drug-likeness (QED) is 0.766. The molecular formula is C9H17F3N2. The molecule has 0 bridgehead atoms. The van der Waals surface area contributed by atoms with E-state index in [2.05, 4.69) is 0 Å². The van der Waals surface area contributed by atoms with Gasteiger partial charge in [-0.05, 0) is 31.8 Å². The maximum Gasteiger partial charge on any atom is 0.404 e. The average Bonchev–Trinajstić information content (AvgIpc) is 2.45. The van der Waals surface area contributed by atoms with Crippen LogP contribution in [0, 0.1) is 5.92 Å². The van der Waals surface area contributed by atoms with Crippen LogP contribution in [0.3, 0.4) is 0 Å². The minimum atomic E-state index is -4.14. The van der Waals surface area contributed by atoms with E-state index in [9.17, 15) is 13.2 Å². The zero-order valence-electron chi connectivity index (χ0n) is 8.35. The summed E-state index contributed by atoms with van der Waals surface area (Å²) in [5.41, 5.74) is 5.20. The smallest absolute Gasteiger partial charge is 0.330 e. The first-order chi connectivity index (χ1) is 6.45. The van der Waals surface area contributed by atoms with Crippen molar-refractivity contribution in [1.29, 1.82) is 0 Å². The van der Waals surface area contributed by atoms with Gasteiger partial charge < -0.3 is 5.73 Å². The predicted octanol–water partition coefficient (Wildman–Crippen LogP) is 1.61. The van der Waals surface area contributed by atoms with Crippen LogP contribution in [0.2, 0.25) is 0 Å². The number of nitrogens with two attached hydrogens (primary N) is 1. The molecule has 1 rings (SSSR count). The molecule has 0 aromatic carbocycles. The van der Waals surface area contributed by atoms with Crippen molar-refractivity contribution in [3.63, 3.8) is 0 Å². The number of hydrogen-bond donors (Lipinski definition) is 1. The zero-order chi connectivity index (χ0) is 10.8. The van der Waals surface area contributed by atoms with Crippen LogP contribution in [-0.2, 0) is 0 Å². The van der Waals surface area contributed by atoms with E-state index in [0.29, 0.717) is 19.0 Å². The highest BCUT2D eigenvalue weighted by Gasteiger charge is 2.44. The standard InChI is InChI=1S/C9H17F3N2/c1-7-3-5-14(6-7)8(2-4-13)9(10,11)12/h7-8H,2-6,13H2,1H3. The van der Waals surface area contributed by atoms with Crippen LogP contribution < -0.4 is 5.73 Å². The van der Waals surface area contributed by atoms with E-state index in [4.69, 9.17) is 5.73 Å². The van der Waals surface area contributed by atoms with Gasteiger partial charge in [0, 0.05) is 6.54 Å². The predicted molar refractivity (Wildman–Crippen MR) is 48.9 cm³/mol. The Balaban J connectivity index is 2.59. The Morgan fingerprint density at radius 2 is 2.14 bits per heavy atom. The Morgan fingerprint density at radius 1 is 1.50 bits per heavy atom. The largest absolute Gasteiger partial charge is 0.404 e. The summed E-state index contributed by atoms with van der Waals surface area (Å²) in [5, 5.41) is 0. The monoisotopic (exact) mass is 210 g/mol. The van der Waals surface area contributed by atoms with Crippen molar-refractivity contribution in [1.82, 2.24) is 4.90 Å². The second kappa shape index (κ2) is 4.49. The summed E-state index contributed by atoms with van der Waals surface area (Å²) in [6, 6.07) is -1.34. The first kappa shape index (κ1) is 11.8. The van der Waals surface area contributed by atoms with E-state index in [1.54, 1.807) is 0 Å². The van der Waals surface area contributed by atoms with Crippen LogP contribution in [0.1, 0.15) is 19.8 Å². The van der Waals surface area contributed by atoms with Crippen LogP contribution in [0.4, 0.5) is 13.2 Å². The van der Waals surface area contributed by atoms with E-state index in [1.807, 2.05) is 6.92 Å². The minimum absolute atomic E-state index is 0.0101. The fourth-order valence-electron chi connectivity index (χ4n) is 1.96. The maximum absolute atomic E-state index is 12.6. The Bertz CT molecular complexity index is 181. The van der Waals surface area contributed by atoms with Gasteiger partial charge in [-0.2, -0.15) is 13.2 Å². The topological polar surface area (TPSA) is 29.3 Å². The van der Waals surface area contributed by atoms with Crippen LogP contribution in [0.5, 0.6) is 0 Å². The highest BCUT2D eigenvalue weighted by molar-refractivity contribution is 4.84. The van der Waals surface area contributed by atoms with Crippen LogP contribution in [0.25, 0.3) is 0 Å². The minimum Gasteiger partial charge on any atom is -0.330 e. The summed E-state index contributed by atoms with van der Waals surface area (Å²) in [7, 11) is 0.